The molecule has 0 saturated carbocycles. The van der Waals surface area contributed by atoms with E-state index in [1.165, 1.54) is 17.3 Å². The van der Waals surface area contributed by atoms with E-state index in [2.05, 4.69) is 46.7 Å². The van der Waals surface area contributed by atoms with E-state index in [9.17, 15) is 4.79 Å². The number of hydrogen-bond acceptors (Lipinski definition) is 5. The Balaban J connectivity index is 1.57. The molecule has 0 fully saturated rings. The third kappa shape index (κ3) is 4.42. The first kappa shape index (κ1) is 19.2. The van der Waals surface area contributed by atoms with Crippen LogP contribution in [0, 0.1) is 6.92 Å². The Labute approximate surface area is 163 Å². The van der Waals surface area contributed by atoms with Gasteiger partial charge in [0, 0.05) is 7.05 Å². The summed E-state index contributed by atoms with van der Waals surface area (Å²) in [5, 5.41) is 12.1. The second-order valence-corrected chi connectivity index (χ2v) is 7.37. The van der Waals surface area contributed by atoms with Gasteiger partial charge in [-0.3, -0.25) is 4.79 Å². The van der Waals surface area contributed by atoms with Crippen LogP contribution < -0.4 is 5.32 Å². The molecule has 0 aliphatic rings. The molecule has 0 radical (unpaired) electrons. The zero-order valence-corrected chi connectivity index (χ0v) is 16.8. The lowest BCUT2D eigenvalue weighted by Gasteiger charge is -2.14. The molecular formula is C20H24N4O2S. The Morgan fingerprint density at radius 1 is 1.26 bits per heavy atom. The highest BCUT2D eigenvalue weighted by molar-refractivity contribution is 7.99. The molecule has 0 bridgehead atoms. The molecule has 3 rings (SSSR count). The zero-order valence-electron chi connectivity index (χ0n) is 16.0. The largest absolute Gasteiger partial charge is 0.469 e. The first-order chi connectivity index (χ1) is 13.0. The average molecular weight is 385 g/mol. The van der Waals surface area contributed by atoms with Crippen LogP contribution in [0.3, 0.4) is 0 Å². The van der Waals surface area contributed by atoms with Crippen LogP contribution in [0.25, 0.3) is 11.4 Å². The first-order valence-corrected chi connectivity index (χ1v) is 9.93. The molecule has 0 aliphatic carbocycles. The fourth-order valence-corrected chi connectivity index (χ4v) is 3.55. The third-order valence-corrected chi connectivity index (χ3v) is 5.55. The number of rotatable bonds is 7. The summed E-state index contributed by atoms with van der Waals surface area (Å²) in [6.45, 7) is 6.01. The second-order valence-electron chi connectivity index (χ2n) is 6.43. The molecule has 1 atom stereocenters. The van der Waals surface area contributed by atoms with Crippen molar-refractivity contribution in [3.63, 3.8) is 0 Å². The number of carbonyl (C=O) groups is 1. The molecule has 0 aliphatic heterocycles. The lowest BCUT2D eigenvalue weighted by atomic mass is 10.1. The highest BCUT2D eigenvalue weighted by Crippen LogP contribution is 2.25. The molecule has 27 heavy (non-hydrogen) atoms. The minimum Gasteiger partial charge on any atom is -0.469 e. The maximum atomic E-state index is 12.3. The normalized spacial score (nSPS) is 12.1. The summed E-state index contributed by atoms with van der Waals surface area (Å²) in [6.07, 6.45) is 2.64. The van der Waals surface area contributed by atoms with E-state index in [4.69, 9.17) is 4.42 Å². The highest BCUT2D eigenvalue weighted by atomic mass is 32.2. The van der Waals surface area contributed by atoms with Crippen molar-refractivity contribution in [1.82, 2.24) is 20.1 Å². The Morgan fingerprint density at radius 3 is 2.63 bits per heavy atom. The predicted molar refractivity (Wildman–Crippen MR) is 107 cm³/mol. The van der Waals surface area contributed by atoms with Crippen LogP contribution >= 0.6 is 11.8 Å². The van der Waals surface area contributed by atoms with Gasteiger partial charge in [-0.1, -0.05) is 43.0 Å². The standard InChI is InChI=1S/C20H24N4O2S/c1-5-15-6-8-16(9-7-15)13(2)21-18(25)12-27-20-23-22-19(24(20)4)17-10-11-26-14(17)3/h6-11,13H,5,12H2,1-4H3,(H,21,25). The van der Waals surface area contributed by atoms with E-state index >= 15 is 0 Å². The number of nitrogens with zero attached hydrogens (tertiary/aromatic N) is 3. The van der Waals surface area contributed by atoms with Crippen molar-refractivity contribution in [3.05, 3.63) is 53.5 Å². The Bertz CT molecular complexity index is 914. The van der Waals surface area contributed by atoms with Crippen molar-refractivity contribution in [3.8, 4) is 11.4 Å². The summed E-state index contributed by atoms with van der Waals surface area (Å²) >= 11 is 1.37. The van der Waals surface area contributed by atoms with Crippen LogP contribution in [-0.2, 0) is 18.3 Å². The van der Waals surface area contributed by atoms with E-state index < -0.39 is 0 Å². The maximum absolute atomic E-state index is 12.3. The van der Waals surface area contributed by atoms with Gasteiger partial charge >= 0.3 is 0 Å². The number of nitrogens with one attached hydrogen (secondary N) is 1. The summed E-state index contributed by atoms with van der Waals surface area (Å²) in [6, 6.07) is 10.2. The molecule has 142 valence electrons. The van der Waals surface area contributed by atoms with Gasteiger partial charge in [-0.25, -0.2) is 0 Å². The lowest BCUT2D eigenvalue weighted by Crippen LogP contribution is -2.28. The third-order valence-electron chi connectivity index (χ3n) is 4.53. The van der Waals surface area contributed by atoms with Gasteiger partial charge in [-0.2, -0.15) is 0 Å². The van der Waals surface area contributed by atoms with Crippen molar-refractivity contribution >= 4 is 17.7 Å². The fourth-order valence-electron chi connectivity index (χ4n) is 2.83. The maximum Gasteiger partial charge on any atom is 0.230 e. The molecule has 0 saturated heterocycles. The van der Waals surface area contributed by atoms with Gasteiger partial charge in [0.2, 0.25) is 5.91 Å². The van der Waals surface area contributed by atoms with Crippen molar-refractivity contribution in [1.29, 1.82) is 0 Å². The monoisotopic (exact) mass is 384 g/mol. The molecule has 1 amide bonds. The van der Waals surface area contributed by atoms with E-state index in [1.807, 2.05) is 31.5 Å². The Kier molecular flexibility index (Phi) is 6.01. The molecule has 1 N–H and O–H groups in total. The fraction of sp³-hybridized carbons (Fsp3) is 0.350. The number of aryl methyl sites for hydroxylation is 2. The van der Waals surface area contributed by atoms with E-state index in [0.29, 0.717) is 5.16 Å². The topological polar surface area (TPSA) is 73.0 Å². The van der Waals surface area contributed by atoms with Gasteiger partial charge in [0.25, 0.3) is 0 Å². The van der Waals surface area contributed by atoms with Crippen molar-refractivity contribution in [2.75, 3.05) is 5.75 Å². The van der Waals surface area contributed by atoms with Gasteiger partial charge in [-0.15, -0.1) is 10.2 Å². The van der Waals surface area contributed by atoms with Gasteiger partial charge in [-0.05, 0) is 37.5 Å². The smallest absolute Gasteiger partial charge is 0.230 e. The summed E-state index contributed by atoms with van der Waals surface area (Å²) in [4.78, 5) is 12.3. The summed E-state index contributed by atoms with van der Waals surface area (Å²) < 4.78 is 7.21. The van der Waals surface area contributed by atoms with Crippen LogP contribution in [0.15, 0.2) is 46.2 Å². The molecule has 6 nitrogen and oxygen atoms in total. The predicted octanol–water partition coefficient (Wildman–Crippen LogP) is 3.92. The molecule has 0 spiro atoms. The molecular weight excluding hydrogens is 360 g/mol. The van der Waals surface area contributed by atoms with E-state index in [0.717, 1.165) is 29.1 Å². The Morgan fingerprint density at radius 2 is 2.00 bits per heavy atom. The van der Waals surface area contributed by atoms with Crippen molar-refractivity contribution < 1.29 is 9.21 Å². The van der Waals surface area contributed by atoms with Crippen LogP contribution in [0.5, 0.6) is 0 Å². The molecule has 7 heteroatoms. The van der Waals surface area contributed by atoms with Crippen LogP contribution in [-0.4, -0.2) is 26.4 Å². The minimum atomic E-state index is -0.0346. The quantitative estimate of drug-likeness (QED) is 0.625. The lowest BCUT2D eigenvalue weighted by molar-refractivity contribution is -0.119. The summed E-state index contributed by atoms with van der Waals surface area (Å²) in [7, 11) is 1.89. The number of furan rings is 1. The van der Waals surface area contributed by atoms with Gasteiger partial charge < -0.3 is 14.3 Å². The highest BCUT2D eigenvalue weighted by Gasteiger charge is 2.16. The van der Waals surface area contributed by atoms with Gasteiger partial charge in [0.1, 0.15) is 5.76 Å². The number of amides is 1. The van der Waals surface area contributed by atoms with Crippen molar-refractivity contribution in [2.24, 2.45) is 7.05 Å². The number of carbonyl (C=O) groups excluding carboxylic acids is 1. The summed E-state index contributed by atoms with van der Waals surface area (Å²) in [5.41, 5.74) is 3.30. The zero-order chi connectivity index (χ0) is 19.4. The SMILES string of the molecule is CCc1ccc(C(C)NC(=O)CSc2nnc(-c3ccoc3C)n2C)cc1. The van der Waals surface area contributed by atoms with Crippen LogP contribution in [0.1, 0.15) is 36.8 Å². The van der Waals surface area contributed by atoms with Gasteiger partial charge in [0.15, 0.2) is 11.0 Å². The molecule has 1 aromatic carbocycles. The Hall–Kier alpha value is -2.54. The van der Waals surface area contributed by atoms with Crippen LogP contribution in [0.2, 0.25) is 0 Å². The molecule has 1 unspecified atom stereocenters. The van der Waals surface area contributed by atoms with Crippen LogP contribution in [0.4, 0.5) is 0 Å². The van der Waals surface area contributed by atoms with E-state index in [-0.39, 0.29) is 17.7 Å². The number of thioether (sulfide) groups is 1. The van der Waals surface area contributed by atoms with E-state index in [1.54, 1.807) is 6.26 Å². The molecule has 2 aromatic heterocycles. The first-order valence-electron chi connectivity index (χ1n) is 8.94. The second kappa shape index (κ2) is 8.43. The minimum absolute atomic E-state index is 0.0314. The number of aromatic nitrogens is 3. The molecule has 3 aromatic rings. The van der Waals surface area contributed by atoms with Crippen molar-refractivity contribution in [2.45, 2.75) is 38.4 Å². The van der Waals surface area contributed by atoms with Gasteiger partial charge in [0.05, 0.1) is 23.6 Å². The number of hydrogen-bond donors (Lipinski definition) is 1. The average Bonchev–Trinajstić information content (AvgIpc) is 3.25. The number of benzene rings is 1. The molecule has 2 heterocycles. The summed E-state index contributed by atoms with van der Waals surface area (Å²) in [5.74, 6) is 1.78.